The van der Waals surface area contributed by atoms with E-state index in [1.54, 1.807) is 22.9 Å². The van der Waals surface area contributed by atoms with Gasteiger partial charge in [0.15, 0.2) is 0 Å². The van der Waals surface area contributed by atoms with Crippen molar-refractivity contribution in [2.24, 2.45) is 0 Å². The lowest BCUT2D eigenvalue weighted by molar-refractivity contribution is -0.113. The van der Waals surface area contributed by atoms with Gasteiger partial charge in [-0.3, -0.25) is 4.79 Å². The van der Waals surface area contributed by atoms with Gasteiger partial charge in [-0.15, -0.1) is 5.10 Å². The molecular formula is C17H15Cl2N5OS. The van der Waals surface area contributed by atoms with E-state index >= 15 is 0 Å². The summed E-state index contributed by atoms with van der Waals surface area (Å²) in [4.78, 5) is 12.2. The molecule has 9 heteroatoms. The number of hydrogen-bond acceptors (Lipinski definition) is 5. The van der Waals surface area contributed by atoms with Gasteiger partial charge in [-0.1, -0.05) is 53.2 Å². The summed E-state index contributed by atoms with van der Waals surface area (Å²) in [6, 6.07) is 10.9. The molecule has 2 aromatic carbocycles. The Kier molecular flexibility index (Phi) is 5.80. The average Bonchev–Trinajstić information content (AvgIpc) is 3.04. The second-order valence-electron chi connectivity index (χ2n) is 5.58. The zero-order valence-electron chi connectivity index (χ0n) is 14.0. The molecular weight excluding hydrogens is 393 g/mol. The molecule has 3 aromatic rings. The third kappa shape index (κ3) is 4.17. The van der Waals surface area contributed by atoms with Crippen LogP contribution in [0.2, 0.25) is 10.0 Å². The van der Waals surface area contributed by atoms with E-state index in [4.69, 9.17) is 23.2 Å². The van der Waals surface area contributed by atoms with E-state index in [-0.39, 0.29) is 11.7 Å². The van der Waals surface area contributed by atoms with Crippen molar-refractivity contribution in [3.05, 3.63) is 57.6 Å². The molecule has 0 unspecified atom stereocenters. The molecule has 6 nitrogen and oxygen atoms in total. The van der Waals surface area contributed by atoms with Crippen molar-refractivity contribution in [2.45, 2.75) is 19.0 Å². The number of amides is 1. The van der Waals surface area contributed by atoms with E-state index in [0.717, 1.165) is 16.8 Å². The lowest BCUT2D eigenvalue weighted by Gasteiger charge is -2.10. The summed E-state index contributed by atoms with van der Waals surface area (Å²) in [5.74, 6) is -0.0320. The first kappa shape index (κ1) is 18.7. The number of anilines is 1. The SMILES string of the molecule is Cc1cccc(C)c1-n1nnnc1SCC(=O)Nc1ccc(Cl)c(Cl)c1. The first-order chi connectivity index (χ1) is 12.5. The van der Waals surface area contributed by atoms with Crippen LogP contribution < -0.4 is 5.32 Å². The van der Waals surface area contributed by atoms with E-state index in [0.29, 0.717) is 20.9 Å². The van der Waals surface area contributed by atoms with Gasteiger partial charge in [0, 0.05) is 5.69 Å². The molecule has 3 rings (SSSR count). The summed E-state index contributed by atoms with van der Waals surface area (Å²) >= 11 is 13.1. The van der Waals surface area contributed by atoms with Crippen molar-refractivity contribution in [3.8, 4) is 5.69 Å². The lowest BCUT2D eigenvalue weighted by Crippen LogP contribution is -2.14. The monoisotopic (exact) mass is 407 g/mol. The number of thioether (sulfide) groups is 1. The van der Waals surface area contributed by atoms with Gasteiger partial charge < -0.3 is 5.32 Å². The van der Waals surface area contributed by atoms with Crippen molar-refractivity contribution in [1.29, 1.82) is 0 Å². The molecule has 1 amide bonds. The minimum absolute atomic E-state index is 0.158. The van der Waals surface area contributed by atoms with E-state index in [2.05, 4.69) is 20.8 Å². The predicted molar refractivity (Wildman–Crippen MR) is 104 cm³/mol. The Bertz CT molecular complexity index is 940. The first-order valence-corrected chi connectivity index (χ1v) is 9.42. The largest absolute Gasteiger partial charge is 0.325 e. The smallest absolute Gasteiger partial charge is 0.234 e. The summed E-state index contributed by atoms with van der Waals surface area (Å²) in [5, 5.41) is 16.0. The summed E-state index contributed by atoms with van der Waals surface area (Å²) in [6.45, 7) is 3.99. The number of tetrazole rings is 1. The quantitative estimate of drug-likeness (QED) is 0.637. The molecule has 0 spiro atoms. The molecule has 1 aromatic heterocycles. The van der Waals surface area contributed by atoms with Crippen LogP contribution in [0.3, 0.4) is 0 Å². The van der Waals surface area contributed by atoms with Crippen LogP contribution in [0.25, 0.3) is 5.69 Å². The number of hydrogen-bond donors (Lipinski definition) is 1. The Morgan fingerprint density at radius 1 is 1.15 bits per heavy atom. The number of para-hydroxylation sites is 1. The van der Waals surface area contributed by atoms with Gasteiger partial charge in [-0.05, 0) is 53.6 Å². The van der Waals surface area contributed by atoms with Crippen molar-refractivity contribution in [3.63, 3.8) is 0 Å². The van der Waals surface area contributed by atoms with Gasteiger partial charge in [0.05, 0.1) is 21.5 Å². The van der Waals surface area contributed by atoms with E-state index in [9.17, 15) is 4.79 Å². The van der Waals surface area contributed by atoms with Crippen molar-refractivity contribution in [2.75, 3.05) is 11.1 Å². The molecule has 0 atom stereocenters. The molecule has 0 saturated carbocycles. The number of halogens is 2. The molecule has 1 heterocycles. The highest BCUT2D eigenvalue weighted by molar-refractivity contribution is 7.99. The minimum atomic E-state index is -0.190. The normalized spacial score (nSPS) is 10.8. The number of aryl methyl sites for hydroxylation is 2. The highest BCUT2D eigenvalue weighted by atomic mass is 35.5. The fraction of sp³-hybridized carbons (Fsp3) is 0.176. The van der Waals surface area contributed by atoms with Crippen LogP contribution in [0.1, 0.15) is 11.1 Å². The minimum Gasteiger partial charge on any atom is -0.325 e. The Hall–Kier alpha value is -2.09. The van der Waals surface area contributed by atoms with Crippen LogP contribution in [0.4, 0.5) is 5.69 Å². The number of benzene rings is 2. The molecule has 0 aliphatic heterocycles. The summed E-state index contributed by atoms with van der Waals surface area (Å²) in [6.07, 6.45) is 0. The van der Waals surface area contributed by atoms with E-state index in [1.807, 2.05) is 32.0 Å². The fourth-order valence-electron chi connectivity index (χ4n) is 2.45. The second-order valence-corrected chi connectivity index (χ2v) is 7.34. The number of carbonyl (C=O) groups excluding carboxylic acids is 1. The molecule has 0 radical (unpaired) electrons. The molecule has 0 aliphatic carbocycles. The van der Waals surface area contributed by atoms with Crippen LogP contribution in [0.15, 0.2) is 41.6 Å². The number of nitrogens with zero attached hydrogens (tertiary/aromatic N) is 4. The van der Waals surface area contributed by atoms with Crippen LogP contribution in [0.5, 0.6) is 0 Å². The van der Waals surface area contributed by atoms with Crippen LogP contribution in [-0.2, 0) is 4.79 Å². The lowest BCUT2D eigenvalue weighted by atomic mass is 10.1. The Labute approximate surface area is 164 Å². The molecule has 0 saturated heterocycles. The predicted octanol–water partition coefficient (Wildman–Crippen LogP) is 4.32. The molecule has 0 aliphatic rings. The van der Waals surface area contributed by atoms with Crippen molar-refractivity contribution < 1.29 is 4.79 Å². The second kappa shape index (κ2) is 8.07. The zero-order valence-corrected chi connectivity index (χ0v) is 16.4. The van der Waals surface area contributed by atoms with Gasteiger partial charge in [-0.25, -0.2) is 0 Å². The molecule has 26 heavy (non-hydrogen) atoms. The number of nitrogens with one attached hydrogen (secondary N) is 1. The molecule has 0 fully saturated rings. The Balaban J connectivity index is 1.70. The first-order valence-electron chi connectivity index (χ1n) is 7.68. The van der Waals surface area contributed by atoms with E-state index in [1.165, 1.54) is 11.8 Å². The number of aromatic nitrogens is 4. The van der Waals surface area contributed by atoms with Crippen molar-refractivity contribution >= 4 is 46.6 Å². The Morgan fingerprint density at radius 2 is 1.88 bits per heavy atom. The zero-order chi connectivity index (χ0) is 18.7. The standard InChI is InChI=1S/C17H15Cl2N5OS/c1-10-4-3-5-11(2)16(10)24-17(21-22-23-24)26-9-15(25)20-12-6-7-13(18)14(19)8-12/h3-8H,9H2,1-2H3,(H,20,25). The van der Waals surface area contributed by atoms with E-state index < -0.39 is 0 Å². The maximum atomic E-state index is 12.2. The van der Waals surface area contributed by atoms with Crippen LogP contribution >= 0.6 is 35.0 Å². The number of rotatable bonds is 5. The fourth-order valence-corrected chi connectivity index (χ4v) is 3.42. The van der Waals surface area contributed by atoms with Gasteiger partial charge in [0.2, 0.25) is 11.1 Å². The molecule has 134 valence electrons. The number of carbonyl (C=O) groups is 1. The third-order valence-electron chi connectivity index (χ3n) is 3.63. The van der Waals surface area contributed by atoms with Crippen LogP contribution in [-0.4, -0.2) is 31.9 Å². The highest BCUT2D eigenvalue weighted by Crippen LogP contribution is 2.26. The molecule has 1 N–H and O–H groups in total. The summed E-state index contributed by atoms with van der Waals surface area (Å²) < 4.78 is 1.65. The summed E-state index contributed by atoms with van der Waals surface area (Å²) in [5.41, 5.74) is 3.61. The van der Waals surface area contributed by atoms with Gasteiger partial charge >= 0.3 is 0 Å². The van der Waals surface area contributed by atoms with Gasteiger partial charge in [0.25, 0.3) is 0 Å². The van der Waals surface area contributed by atoms with Gasteiger partial charge in [0.1, 0.15) is 0 Å². The maximum Gasteiger partial charge on any atom is 0.234 e. The summed E-state index contributed by atoms with van der Waals surface area (Å²) in [7, 11) is 0. The third-order valence-corrected chi connectivity index (χ3v) is 5.29. The molecule has 0 bridgehead atoms. The highest BCUT2D eigenvalue weighted by Gasteiger charge is 2.15. The van der Waals surface area contributed by atoms with Crippen molar-refractivity contribution in [1.82, 2.24) is 20.2 Å². The Morgan fingerprint density at radius 3 is 2.58 bits per heavy atom. The van der Waals surface area contributed by atoms with Gasteiger partial charge in [-0.2, -0.15) is 4.68 Å². The maximum absolute atomic E-state index is 12.2. The van der Waals surface area contributed by atoms with Crippen LogP contribution in [0, 0.1) is 13.8 Å². The average molecular weight is 408 g/mol. The topological polar surface area (TPSA) is 72.7 Å².